The zero-order chi connectivity index (χ0) is 23.0. The van der Waals surface area contributed by atoms with Crippen LogP contribution < -0.4 is 10.2 Å². The molecule has 0 aliphatic rings. The number of furan rings is 1. The minimum Gasteiger partial charge on any atom is -0.467 e. The highest BCUT2D eigenvalue weighted by Crippen LogP contribution is 2.22. The number of rotatable bonds is 8. The third-order valence-electron chi connectivity index (χ3n) is 5.15. The Kier molecular flexibility index (Phi) is 6.95. The molecular weight excluding hydrogens is 419 g/mol. The second-order valence-electron chi connectivity index (χ2n) is 7.59. The number of carbonyl (C=O) groups is 2. The van der Waals surface area contributed by atoms with Gasteiger partial charge in [-0.1, -0.05) is 48.5 Å². The molecule has 0 fully saturated rings. The van der Waals surface area contributed by atoms with Gasteiger partial charge in [0.25, 0.3) is 5.91 Å². The standard InChI is InChI=1S/C27H23FN2O3/c28-23-9-4-8-22(17-23)27(32)30(19-21-6-2-1-3-7-21)24-13-11-20(12-14-24)16-26(31)29-18-25-10-5-15-33-25/h1-15,17H,16,18-19H2,(H,29,31). The van der Waals surface area contributed by atoms with Crippen molar-refractivity contribution in [3.05, 3.63) is 126 Å². The molecule has 0 bridgehead atoms. The van der Waals surface area contributed by atoms with E-state index in [-0.39, 0.29) is 23.8 Å². The lowest BCUT2D eigenvalue weighted by molar-refractivity contribution is -0.120. The van der Waals surface area contributed by atoms with Gasteiger partial charge in [-0.2, -0.15) is 0 Å². The summed E-state index contributed by atoms with van der Waals surface area (Å²) in [6.45, 7) is 0.663. The van der Waals surface area contributed by atoms with E-state index in [1.807, 2.05) is 42.5 Å². The van der Waals surface area contributed by atoms with Gasteiger partial charge in [0.1, 0.15) is 11.6 Å². The number of hydrogen-bond acceptors (Lipinski definition) is 3. The van der Waals surface area contributed by atoms with E-state index in [1.165, 1.54) is 18.2 Å². The zero-order valence-corrected chi connectivity index (χ0v) is 17.9. The van der Waals surface area contributed by atoms with E-state index < -0.39 is 5.82 Å². The molecule has 1 N–H and O–H groups in total. The molecule has 0 saturated carbocycles. The molecule has 1 heterocycles. The van der Waals surface area contributed by atoms with Crippen molar-refractivity contribution in [2.75, 3.05) is 4.90 Å². The monoisotopic (exact) mass is 442 g/mol. The molecule has 3 aromatic carbocycles. The number of carbonyl (C=O) groups excluding carboxylic acids is 2. The van der Waals surface area contributed by atoms with Crippen molar-refractivity contribution in [2.24, 2.45) is 0 Å². The minimum atomic E-state index is -0.462. The largest absolute Gasteiger partial charge is 0.467 e. The molecule has 0 atom stereocenters. The summed E-state index contributed by atoms with van der Waals surface area (Å²) in [5, 5.41) is 2.82. The number of nitrogens with zero attached hydrogens (tertiary/aromatic N) is 1. The Hall–Kier alpha value is -4.19. The Morgan fingerprint density at radius 3 is 2.33 bits per heavy atom. The number of nitrogens with one attached hydrogen (secondary N) is 1. The van der Waals surface area contributed by atoms with Crippen molar-refractivity contribution in [1.82, 2.24) is 5.32 Å². The maximum Gasteiger partial charge on any atom is 0.258 e. The van der Waals surface area contributed by atoms with Gasteiger partial charge in [0.05, 0.1) is 25.8 Å². The third kappa shape index (κ3) is 5.95. The van der Waals surface area contributed by atoms with Crippen LogP contribution in [-0.4, -0.2) is 11.8 Å². The van der Waals surface area contributed by atoms with E-state index in [0.717, 1.165) is 11.1 Å². The molecule has 4 rings (SSSR count). The van der Waals surface area contributed by atoms with E-state index >= 15 is 0 Å². The molecule has 5 nitrogen and oxygen atoms in total. The van der Waals surface area contributed by atoms with Crippen LogP contribution in [0.2, 0.25) is 0 Å². The minimum absolute atomic E-state index is 0.129. The van der Waals surface area contributed by atoms with Gasteiger partial charge in [-0.15, -0.1) is 0 Å². The first kappa shape index (κ1) is 22.0. The normalized spacial score (nSPS) is 10.6. The highest BCUT2D eigenvalue weighted by molar-refractivity contribution is 6.06. The molecule has 33 heavy (non-hydrogen) atoms. The number of hydrogen-bond donors (Lipinski definition) is 1. The first-order valence-electron chi connectivity index (χ1n) is 10.6. The van der Waals surface area contributed by atoms with Crippen LogP contribution in [0.25, 0.3) is 0 Å². The molecule has 6 heteroatoms. The molecule has 0 aliphatic heterocycles. The average molecular weight is 442 g/mol. The van der Waals surface area contributed by atoms with Crippen LogP contribution in [0.4, 0.5) is 10.1 Å². The summed E-state index contributed by atoms with van der Waals surface area (Å²) in [5.41, 5.74) is 2.69. The van der Waals surface area contributed by atoms with Crippen LogP contribution in [0.15, 0.2) is 102 Å². The predicted molar refractivity (Wildman–Crippen MR) is 124 cm³/mol. The van der Waals surface area contributed by atoms with Crippen molar-refractivity contribution in [1.29, 1.82) is 0 Å². The summed E-state index contributed by atoms with van der Waals surface area (Å²) >= 11 is 0. The van der Waals surface area contributed by atoms with Gasteiger partial charge in [-0.3, -0.25) is 9.59 Å². The zero-order valence-electron chi connectivity index (χ0n) is 17.9. The highest BCUT2D eigenvalue weighted by atomic mass is 19.1. The molecule has 166 valence electrons. The maximum atomic E-state index is 13.7. The second-order valence-corrected chi connectivity index (χ2v) is 7.59. The molecule has 4 aromatic rings. The molecule has 0 saturated heterocycles. The van der Waals surface area contributed by atoms with Gasteiger partial charge in [0, 0.05) is 11.3 Å². The van der Waals surface area contributed by atoms with Gasteiger partial charge in [-0.05, 0) is 53.6 Å². The third-order valence-corrected chi connectivity index (χ3v) is 5.15. The molecule has 0 radical (unpaired) electrons. The average Bonchev–Trinajstić information content (AvgIpc) is 3.36. The summed E-state index contributed by atoms with van der Waals surface area (Å²) < 4.78 is 18.9. The Morgan fingerprint density at radius 1 is 0.848 bits per heavy atom. The van der Waals surface area contributed by atoms with Crippen LogP contribution in [0.3, 0.4) is 0 Å². The summed E-state index contributed by atoms with van der Waals surface area (Å²) in [4.78, 5) is 27.1. The van der Waals surface area contributed by atoms with Gasteiger partial charge < -0.3 is 14.6 Å². The fraction of sp³-hybridized carbons (Fsp3) is 0.111. The maximum absolute atomic E-state index is 13.7. The van der Waals surface area contributed by atoms with Gasteiger partial charge in [0.15, 0.2) is 0 Å². The first-order chi connectivity index (χ1) is 16.1. The summed E-state index contributed by atoms with van der Waals surface area (Å²) in [7, 11) is 0. The first-order valence-corrected chi connectivity index (χ1v) is 10.6. The lowest BCUT2D eigenvalue weighted by Gasteiger charge is -2.23. The van der Waals surface area contributed by atoms with E-state index in [4.69, 9.17) is 4.42 Å². The smallest absolute Gasteiger partial charge is 0.258 e. The van der Waals surface area contributed by atoms with Crippen molar-refractivity contribution >= 4 is 17.5 Å². The summed E-state index contributed by atoms with van der Waals surface area (Å²) in [6, 6.07) is 26.1. The highest BCUT2D eigenvalue weighted by Gasteiger charge is 2.19. The number of amides is 2. The van der Waals surface area contributed by atoms with E-state index in [1.54, 1.807) is 41.5 Å². The van der Waals surface area contributed by atoms with Crippen molar-refractivity contribution in [2.45, 2.75) is 19.5 Å². The molecule has 0 aliphatic carbocycles. The van der Waals surface area contributed by atoms with E-state index in [0.29, 0.717) is 24.5 Å². The molecule has 0 spiro atoms. The fourth-order valence-electron chi connectivity index (χ4n) is 3.46. The van der Waals surface area contributed by atoms with Crippen LogP contribution in [0, 0.1) is 5.82 Å². The van der Waals surface area contributed by atoms with Gasteiger partial charge in [-0.25, -0.2) is 4.39 Å². The lowest BCUT2D eigenvalue weighted by atomic mass is 10.1. The van der Waals surface area contributed by atoms with Crippen LogP contribution in [-0.2, 0) is 24.3 Å². The predicted octanol–water partition coefficient (Wildman–Crippen LogP) is 5.12. The van der Waals surface area contributed by atoms with Crippen LogP contribution in [0.1, 0.15) is 27.2 Å². The van der Waals surface area contributed by atoms with Crippen molar-refractivity contribution < 1.29 is 18.4 Å². The number of halogens is 1. The molecular formula is C27H23FN2O3. The Bertz CT molecular complexity index is 1210. The van der Waals surface area contributed by atoms with Crippen LogP contribution >= 0.6 is 0 Å². The Labute approximate surface area is 191 Å². The number of anilines is 1. The number of benzene rings is 3. The lowest BCUT2D eigenvalue weighted by Crippen LogP contribution is -2.30. The fourth-order valence-corrected chi connectivity index (χ4v) is 3.46. The van der Waals surface area contributed by atoms with E-state index in [9.17, 15) is 14.0 Å². The van der Waals surface area contributed by atoms with Gasteiger partial charge in [0.2, 0.25) is 5.91 Å². The quantitative estimate of drug-likeness (QED) is 0.412. The molecule has 1 aromatic heterocycles. The summed E-state index contributed by atoms with van der Waals surface area (Å²) in [5.74, 6) is -0.207. The SMILES string of the molecule is O=C(Cc1ccc(N(Cc2ccccc2)C(=O)c2cccc(F)c2)cc1)NCc1ccco1. The van der Waals surface area contributed by atoms with Gasteiger partial charge >= 0.3 is 0 Å². The Balaban J connectivity index is 1.50. The van der Waals surface area contributed by atoms with Crippen molar-refractivity contribution in [3.8, 4) is 0 Å². The van der Waals surface area contributed by atoms with Crippen LogP contribution in [0.5, 0.6) is 0 Å². The second kappa shape index (κ2) is 10.4. The molecule has 2 amide bonds. The Morgan fingerprint density at radius 2 is 1.64 bits per heavy atom. The summed E-state index contributed by atoms with van der Waals surface area (Å²) in [6.07, 6.45) is 1.77. The molecule has 0 unspecified atom stereocenters. The van der Waals surface area contributed by atoms with Crippen molar-refractivity contribution in [3.63, 3.8) is 0 Å². The topological polar surface area (TPSA) is 62.6 Å². The van der Waals surface area contributed by atoms with E-state index in [2.05, 4.69) is 5.32 Å².